The highest BCUT2D eigenvalue weighted by Gasteiger charge is 2.22. The van der Waals surface area contributed by atoms with Crippen LogP contribution >= 0.6 is 0 Å². The Morgan fingerprint density at radius 3 is 2.65 bits per heavy atom. The number of esters is 1. The number of nitrogens with two attached hydrogens (primary N) is 1. The van der Waals surface area contributed by atoms with Gasteiger partial charge >= 0.3 is 5.97 Å². The van der Waals surface area contributed by atoms with Gasteiger partial charge in [0.15, 0.2) is 0 Å². The fourth-order valence-corrected chi connectivity index (χ4v) is 1.44. The molecule has 0 spiro atoms. The molecule has 17 heavy (non-hydrogen) atoms. The molecule has 1 aromatic carbocycles. The van der Waals surface area contributed by atoms with E-state index in [0.29, 0.717) is 0 Å². The lowest BCUT2D eigenvalue weighted by Crippen LogP contribution is -2.23. The number of ether oxygens (including phenoxy) is 1. The van der Waals surface area contributed by atoms with E-state index in [4.69, 9.17) is 10.8 Å². The van der Waals surface area contributed by atoms with Gasteiger partial charge in [-0.15, -0.1) is 0 Å². The minimum Gasteiger partial charge on any atom is -0.465 e. The van der Waals surface area contributed by atoms with Crippen LogP contribution in [0.25, 0.3) is 0 Å². The van der Waals surface area contributed by atoms with Gasteiger partial charge in [0.2, 0.25) is 0 Å². The van der Waals surface area contributed by atoms with Gasteiger partial charge in [0.25, 0.3) is 0 Å². The number of carbonyl (C=O) groups is 1. The SMILES string of the molecule is COC(=O)c1cccc(C(O)C(O)CO)c1N. The summed E-state index contributed by atoms with van der Waals surface area (Å²) in [5.41, 5.74) is 6.01. The summed E-state index contributed by atoms with van der Waals surface area (Å²) in [5.74, 6) is -0.630. The molecule has 6 heteroatoms. The topological polar surface area (TPSA) is 113 Å². The molecule has 0 amide bonds. The third-order valence-electron chi connectivity index (χ3n) is 2.42. The molecular weight excluding hydrogens is 226 g/mol. The lowest BCUT2D eigenvalue weighted by molar-refractivity contribution is -0.0149. The van der Waals surface area contributed by atoms with Crippen LogP contribution in [-0.2, 0) is 4.74 Å². The van der Waals surface area contributed by atoms with Crippen molar-refractivity contribution in [3.8, 4) is 0 Å². The molecule has 0 bridgehead atoms. The molecule has 2 unspecified atom stereocenters. The van der Waals surface area contributed by atoms with Crippen LogP contribution < -0.4 is 5.73 Å². The number of aliphatic hydroxyl groups excluding tert-OH is 3. The van der Waals surface area contributed by atoms with E-state index in [9.17, 15) is 15.0 Å². The van der Waals surface area contributed by atoms with Crippen molar-refractivity contribution in [2.45, 2.75) is 12.2 Å². The molecule has 0 saturated heterocycles. The highest BCUT2D eigenvalue weighted by molar-refractivity contribution is 5.95. The molecule has 1 aromatic rings. The molecule has 0 fully saturated rings. The number of aliphatic hydroxyl groups is 3. The van der Waals surface area contributed by atoms with Crippen molar-refractivity contribution in [3.05, 3.63) is 29.3 Å². The number of nitrogen functional groups attached to an aromatic ring is 1. The molecule has 6 nitrogen and oxygen atoms in total. The Balaban J connectivity index is 3.14. The second kappa shape index (κ2) is 5.62. The Morgan fingerprint density at radius 2 is 2.12 bits per heavy atom. The number of rotatable bonds is 4. The molecule has 0 aliphatic heterocycles. The van der Waals surface area contributed by atoms with E-state index in [0.717, 1.165) is 0 Å². The predicted octanol–water partition coefficient (Wildman–Crippen LogP) is -0.558. The molecule has 0 aliphatic carbocycles. The summed E-state index contributed by atoms with van der Waals surface area (Å²) in [6.45, 7) is -0.608. The second-order valence-electron chi connectivity index (χ2n) is 3.49. The molecule has 0 saturated carbocycles. The average Bonchev–Trinajstić information content (AvgIpc) is 2.36. The summed E-state index contributed by atoms with van der Waals surface area (Å²) >= 11 is 0. The Kier molecular flexibility index (Phi) is 4.45. The summed E-state index contributed by atoms with van der Waals surface area (Å²) in [4.78, 5) is 11.4. The molecule has 0 aliphatic rings. The van der Waals surface area contributed by atoms with E-state index in [1.54, 1.807) is 0 Å². The first-order valence-corrected chi connectivity index (χ1v) is 4.96. The maximum absolute atomic E-state index is 11.4. The number of hydrogen-bond acceptors (Lipinski definition) is 6. The van der Waals surface area contributed by atoms with Crippen LogP contribution in [0.15, 0.2) is 18.2 Å². The van der Waals surface area contributed by atoms with Crippen LogP contribution in [0.5, 0.6) is 0 Å². The number of methoxy groups -OCH3 is 1. The van der Waals surface area contributed by atoms with Crippen LogP contribution in [0.3, 0.4) is 0 Å². The van der Waals surface area contributed by atoms with Gasteiger partial charge in [-0.25, -0.2) is 4.79 Å². The monoisotopic (exact) mass is 241 g/mol. The highest BCUT2D eigenvalue weighted by atomic mass is 16.5. The van der Waals surface area contributed by atoms with Crippen LogP contribution in [0.2, 0.25) is 0 Å². The van der Waals surface area contributed by atoms with Gasteiger partial charge in [0.05, 0.1) is 25.0 Å². The zero-order valence-electron chi connectivity index (χ0n) is 9.33. The quantitative estimate of drug-likeness (QED) is 0.415. The fourth-order valence-electron chi connectivity index (χ4n) is 1.44. The average molecular weight is 241 g/mol. The first-order chi connectivity index (χ1) is 8.02. The maximum atomic E-state index is 11.4. The fraction of sp³-hybridized carbons (Fsp3) is 0.364. The molecule has 0 radical (unpaired) electrons. The standard InChI is InChI=1S/C11H15NO5/c1-17-11(16)7-4-2-3-6(9(7)12)10(15)8(14)5-13/h2-4,8,10,13-15H,5,12H2,1H3. The Bertz CT molecular complexity index is 407. The molecule has 94 valence electrons. The van der Waals surface area contributed by atoms with Gasteiger partial charge in [-0.2, -0.15) is 0 Å². The van der Waals surface area contributed by atoms with Crippen molar-refractivity contribution in [1.29, 1.82) is 0 Å². The van der Waals surface area contributed by atoms with Crippen molar-refractivity contribution in [2.24, 2.45) is 0 Å². The van der Waals surface area contributed by atoms with E-state index in [1.807, 2.05) is 0 Å². The molecule has 5 N–H and O–H groups in total. The number of carbonyl (C=O) groups excluding carboxylic acids is 1. The van der Waals surface area contributed by atoms with E-state index >= 15 is 0 Å². The number of anilines is 1. The van der Waals surface area contributed by atoms with Crippen molar-refractivity contribution in [2.75, 3.05) is 19.5 Å². The predicted molar refractivity (Wildman–Crippen MR) is 60.2 cm³/mol. The molecule has 0 heterocycles. The second-order valence-corrected chi connectivity index (χ2v) is 3.49. The third-order valence-corrected chi connectivity index (χ3v) is 2.42. The summed E-state index contributed by atoms with van der Waals surface area (Å²) in [7, 11) is 1.22. The summed E-state index contributed by atoms with van der Waals surface area (Å²) < 4.78 is 4.53. The first-order valence-electron chi connectivity index (χ1n) is 4.96. The van der Waals surface area contributed by atoms with E-state index < -0.39 is 24.8 Å². The Morgan fingerprint density at radius 1 is 1.47 bits per heavy atom. The van der Waals surface area contributed by atoms with Crippen molar-refractivity contribution in [1.82, 2.24) is 0 Å². The normalized spacial score (nSPS) is 14.1. The van der Waals surface area contributed by atoms with E-state index in [1.165, 1.54) is 25.3 Å². The third kappa shape index (κ3) is 2.73. The van der Waals surface area contributed by atoms with Crippen molar-refractivity contribution in [3.63, 3.8) is 0 Å². The molecule has 2 atom stereocenters. The molecule has 0 aromatic heterocycles. The lowest BCUT2D eigenvalue weighted by atomic mass is 9.99. The Hall–Kier alpha value is -1.63. The summed E-state index contributed by atoms with van der Waals surface area (Å²) in [6.07, 6.45) is -2.71. The van der Waals surface area contributed by atoms with Crippen LogP contribution in [0, 0.1) is 0 Å². The highest BCUT2D eigenvalue weighted by Crippen LogP contribution is 2.26. The Labute approximate surface area is 98.3 Å². The van der Waals surface area contributed by atoms with Crippen LogP contribution in [-0.4, -0.2) is 41.1 Å². The van der Waals surface area contributed by atoms with E-state index in [-0.39, 0.29) is 16.8 Å². The lowest BCUT2D eigenvalue weighted by Gasteiger charge is -2.18. The molecular formula is C11H15NO5. The molecule has 1 rings (SSSR count). The van der Waals surface area contributed by atoms with Crippen LogP contribution in [0.4, 0.5) is 5.69 Å². The van der Waals surface area contributed by atoms with Crippen LogP contribution in [0.1, 0.15) is 22.0 Å². The summed E-state index contributed by atoms with van der Waals surface area (Å²) in [6, 6.07) is 4.42. The minimum atomic E-state index is -1.36. The van der Waals surface area contributed by atoms with E-state index in [2.05, 4.69) is 4.74 Å². The van der Waals surface area contributed by atoms with Gasteiger partial charge in [-0.05, 0) is 6.07 Å². The smallest absolute Gasteiger partial charge is 0.339 e. The van der Waals surface area contributed by atoms with Gasteiger partial charge in [0, 0.05) is 5.56 Å². The largest absolute Gasteiger partial charge is 0.465 e. The van der Waals surface area contributed by atoms with Crippen molar-refractivity contribution >= 4 is 11.7 Å². The van der Waals surface area contributed by atoms with Gasteiger partial charge in [-0.1, -0.05) is 12.1 Å². The zero-order chi connectivity index (χ0) is 13.0. The van der Waals surface area contributed by atoms with Gasteiger partial charge < -0.3 is 25.8 Å². The number of para-hydroxylation sites is 1. The minimum absolute atomic E-state index is 0.0272. The van der Waals surface area contributed by atoms with Gasteiger partial charge in [0.1, 0.15) is 12.2 Å². The zero-order valence-corrected chi connectivity index (χ0v) is 9.33. The number of hydrogen-bond donors (Lipinski definition) is 4. The van der Waals surface area contributed by atoms with Crippen molar-refractivity contribution < 1.29 is 24.9 Å². The van der Waals surface area contributed by atoms with Gasteiger partial charge in [-0.3, -0.25) is 0 Å². The summed E-state index contributed by atoms with van der Waals surface area (Å²) in [5, 5.41) is 27.8. The maximum Gasteiger partial charge on any atom is 0.339 e. The first kappa shape index (κ1) is 13.4. The number of benzene rings is 1.